The number of hydrogen-bond donors (Lipinski definition) is 2. The molecule has 1 aromatic carbocycles. The number of methoxy groups -OCH3 is 1. The molecule has 2 atom stereocenters. The zero-order valence-electron chi connectivity index (χ0n) is 14.3. The molecule has 2 unspecified atom stereocenters. The molecular weight excluding hydrogens is 410 g/mol. The van der Waals surface area contributed by atoms with Gasteiger partial charge in [0, 0.05) is 5.69 Å². The molecule has 28 heavy (non-hydrogen) atoms. The Bertz CT molecular complexity index is 887. The predicted octanol–water partition coefficient (Wildman–Crippen LogP) is 0.827. The van der Waals surface area contributed by atoms with Crippen LogP contribution in [-0.4, -0.2) is 63.2 Å². The van der Waals surface area contributed by atoms with E-state index in [4.69, 9.17) is 0 Å². The van der Waals surface area contributed by atoms with Crippen molar-refractivity contribution in [3.05, 3.63) is 29.8 Å². The van der Waals surface area contributed by atoms with E-state index in [0.29, 0.717) is 34.8 Å². The molecule has 10 nitrogen and oxygen atoms in total. The minimum absolute atomic E-state index is 0.298. The Morgan fingerprint density at radius 2 is 1.79 bits per heavy atom. The maximum absolute atomic E-state index is 12.4. The van der Waals surface area contributed by atoms with Crippen molar-refractivity contribution in [1.29, 1.82) is 0 Å². The summed E-state index contributed by atoms with van der Waals surface area (Å²) in [5.41, 5.74) is 0.656. The van der Waals surface area contributed by atoms with Crippen molar-refractivity contribution in [2.75, 3.05) is 19.0 Å². The fourth-order valence-electron chi connectivity index (χ4n) is 2.52. The van der Waals surface area contributed by atoms with Gasteiger partial charge in [0.2, 0.25) is 17.7 Å². The zero-order chi connectivity index (χ0) is 20.4. The molecule has 1 aromatic rings. The van der Waals surface area contributed by atoms with E-state index in [1.54, 1.807) is 0 Å². The number of nitrogens with one attached hydrogen (secondary N) is 2. The molecular formula is C16H13N3O7S2. The van der Waals surface area contributed by atoms with Crippen molar-refractivity contribution in [3.8, 4) is 0 Å². The first-order valence-corrected chi connectivity index (χ1v) is 9.58. The van der Waals surface area contributed by atoms with Crippen LogP contribution in [0.3, 0.4) is 0 Å². The molecule has 0 spiro atoms. The van der Waals surface area contributed by atoms with Crippen LogP contribution in [0.15, 0.2) is 24.3 Å². The minimum atomic E-state index is -1.06. The zero-order valence-corrected chi connectivity index (χ0v) is 15.9. The van der Waals surface area contributed by atoms with Gasteiger partial charge in [-0.3, -0.25) is 34.2 Å². The van der Waals surface area contributed by atoms with E-state index in [2.05, 4.69) is 15.4 Å². The first-order valence-electron chi connectivity index (χ1n) is 7.82. The highest BCUT2D eigenvalue weighted by Gasteiger charge is 2.50. The monoisotopic (exact) mass is 423 g/mol. The van der Waals surface area contributed by atoms with Gasteiger partial charge in [0.1, 0.15) is 17.0 Å². The number of rotatable bonds is 5. The number of carbonyl (C=O) groups is 6. The number of imide groups is 2. The SMILES string of the molecule is COC(=O)c1ccc(NC(=O)CN2C(=O)SC(C3SC(=O)NC3=O)C2=O)cc1. The molecule has 0 aromatic heterocycles. The lowest BCUT2D eigenvalue weighted by molar-refractivity contribution is -0.131. The Morgan fingerprint density at radius 3 is 2.36 bits per heavy atom. The number of hydrogen-bond acceptors (Lipinski definition) is 9. The highest BCUT2D eigenvalue weighted by atomic mass is 32.2. The highest BCUT2D eigenvalue weighted by molar-refractivity contribution is 8.19. The van der Waals surface area contributed by atoms with Crippen molar-refractivity contribution in [2.45, 2.75) is 10.5 Å². The Labute approximate surface area is 166 Å². The molecule has 2 N–H and O–H groups in total. The van der Waals surface area contributed by atoms with E-state index in [-0.39, 0.29) is 0 Å². The number of anilines is 1. The third kappa shape index (κ3) is 4.02. The molecule has 2 aliphatic heterocycles. The largest absolute Gasteiger partial charge is 0.465 e. The summed E-state index contributed by atoms with van der Waals surface area (Å²) in [6, 6.07) is 5.85. The van der Waals surface area contributed by atoms with Gasteiger partial charge in [-0.1, -0.05) is 0 Å². The number of ether oxygens (including phenoxy) is 1. The summed E-state index contributed by atoms with van der Waals surface area (Å²) >= 11 is 1.26. The van der Waals surface area contributed by atoms with Crippen molar-refractivity contribution >= 4 is 63.4 Å². The average molecular weight is 423 g/mol. The second-order valence-electron chi connectivity index (χ2n) is 5.66. The number of amides is 5. The van der Waals surface area contributed by atoms with Gasteiger partial charge < -0.3 is 10.1 Å². The van der Waals surface area contributed by atoms with E-state index in [1.807, 2.05) is 0 Å². The summed E-state index contributed by atoms with van der Waals surface area (Å²) in [5, 5.41) is 1.26. The van der Waals surface area contributed by atoms with Gasteiger partial charge in [-0.15, -0.1) is 0 Å². The molecule has 0 aliphatic carbocycles. The molecule has 0 saturated carbocycles. The van der Waals surface area contributed by atoms with Crippen molar-refractivity contribution in [2.24, 2.45) is 0 Å². The predicted molar refractivity (Wildman–Crippen MR) is 99.8 cm³/mol. The van der Waals surface area contributed by atoms with Gasteiger partial charge >= 0.3 is 5.97 Å². The van der Waals surface area contributed by atoms with Crippen LogP contribution < -0.4 is 10.6 Å². The fourth-order valence-corrected chi connectivity index (χ4v) is 4.62. The molecule has 12 heteroatoms. The first kappa shape index (κ1) is 19.9. The maximum atomic E-state index is 12.4. The summed E-state index contributed by atoms with van der Waals surface area (Å²) < 4.78 is 4.57. The Balaban J connectivity index is 1.61. The number of carbonyl (C=O) groups excluding carboxylic acids is 6. The van der Waals surface area contributed by atoms with E-state index in [0.717, 1.165) is 4.90 Å². The highest BCUT2D eigenvalue weighted by Crippen LogP contribution is 2.36. The van der Waals surface area contributed by atoms with Crippen molar-refractivity contribution < 1.29 is 33.5 Å². The lowest BCUT2D eigenvalue weighted by Crippen LogP contribution is -2.42. The minimum Gasteiger partial charge on any atom is -0.465 e. The lowest BCUT2D eigenvalue weighted by atomic mass is 10.2. The third-order valence-corrected chi connectivity index (χ3v) is 6.22. The van der Waals surface area contributed by atoms with Crippen LogP contribution >= 0.6 is 23.5 Å². The topological polar surface area (TPSA) is 139 Å². The van der Waals surface area contributed by atoms with Crippen LogP contribution in [0.2, 0.25) is 0 Å². The number of thioether (sulfide) groups is 2. The molecule has 2 heterocycles. The maximum Gasteiger partial charge on any atom is 0.337 e. The smallest absolute Gasteiger partial charge is 0.337 e. The van der Waals surface area contributed by atoms with E-state index >= 15 is 0 Å². The molecule has 0 bridgehead atoms. The molecule has 3 rings (SSSR count). The molecule has 0 radical (unpaired) electrons. The van der Waals surface area contributed by atoms with Crippen molar-refractivity contribution in [1.82, 2.24) is 10.2 Å². The second-order valence-corrected chi connectivity index (χ2v) is 7.87. The molecule has 2 saturated heterocycles. The summed E-state index contributed by atoms with van der Waals surface area (Å²) in [4.78, 5) is 71.9. The van der Waals surface area contributed by atoms with Crippen LogP contribution in [0.4, 0.5) is 15.3 Å². The number of nitrogens with zero attached hydrogens (tertiary/aromatic N) is 1. The normalized spacial score (nSPS) is 21.7. The third-order valence-electron chi connectivity index (χ3n) is 3.84. The van der Waals surface area contributed by atoms with Gasteiger partial charge in [-0.25, -0.2) is 4.79 Å². The summed E-state index contributed by atoms with van der Waals surface area (Å²) in [6.45, 7) is -0.535. The van der Waals surface area contributed by atoms with E-state index in [9.17, 15) is 28.8 Å². The standard InChI is InChI=1S/C16H13N3O7S2/c1-26-14(23)7-2-4-8(5-3-7)17-9(20)6-19-13(22)11(28-16(19)25)10-12(21)18-15(24)27-10/h2-5,10-11H,6H2,1H3,(H,17,20)(H,18,21,24). The van der Waals surface area contributed by atoms with Gasteiger partial charge in [0.25, 0.3) is 10.5 Å². The molecule has 5 amide bonds. The molecule has 2 fully saturated rings. The van der Waals surface area contributed by atoms with Crippen LogP contribution in [0.25, 0.3) is 0 Å². The Kier molecular flexibility index (Phi) is 5.70. The molecule has 146 valence electrons. The summed E-state index contributed by atoms with van der Waals surface area (Å²) in [7, 11) is 1.25. The van der Waals surface area contributed by atoms with Crippen LogP contribution in [-0.2, 0) is 19.1 Å². The van der Waals surface area contributed by atoms with Crippen LogP contribution in [0, 0.1) is 0 Å². The Hall–Kier alpha value is -2.86. The molecule has 2 aliphatic rings. The Morgan fingerprint density at radius 1 is 1.11 bits per heavy atom. The van der Waals surface area contributed by atoms with Gasteiger partial charge in [0.05, 0.1) is 12.7 Å². The average Bonchev–Trinajstić information content (AvgIpc) is 3.14. The van der Waals surface area contributed by atoms with Crippen LogP contribution in [0.1, 0.15) is 10.4 Å². The number of esters is 1. The fraction of sp³-hybridized carbons (Fsp3) is 0.250. The second kappa shape index (κ2) is 8.02. The van der Waals surface area contributed by atoms with E-state index in [1.165, 1.54) is 31.4 Å². The first-order chi connectivity index (χ1) is 13.3. The quantitative estimate of drug-likeness (QED) is 0.659. The van der Waals surface area contributed by atoms with E-state index < -0.39 is 51.2 Å². The summed E-state index contributed by atoms with van der Waals surface area (Å²) in [6.07, 6.45) is 0. The van der Waals surface area contributed by atoms with Crippen LogP contribution in [0.5, 0.6) is 0 Å². The summed E-state index contributed by atoms with van der Waals surface area (Å²) in [5.74, 6) is -2.49. The van der Waals surface area contributed by atoms with Gasteiger partial charge in [0.15, 0.2) is 0 Å². The van der Waals surface area contributed by atoms with Gasteiger partial charge in [-0.2, -0.15) is 0 Å². The van der Waals surface area contributed by atoms with Crippen molar-refractivity contribution in [3.63, 3.8) is 0 Å². The number of benzene rings is 1. The van der Waals surface area contributed by atoms with Gasteiger partial charge in [-0.05, 0) is 47.8 Å². The lowest BCUT2D eigenvalue weighted by Gasteiger charge is -2.15.